The number of hydrogen-bond donors (Lipinski definition) is 1. The highest BCUT2D eigenvalue weighted by Crippen LogP contribution is 2.45. The zero-order chi connectivity index (χ0) is 29.6. The third kappa shape index (κ3) is 6.35. The minimum atomic E-state index is -0.974. The normalized spacial score (nSPS) is 15.0. The Hall–Kier alpha value is -3.74. The molecular formula is C30H28FN3O5S3. The fourth-order valence-electron chi connectivity index (χ4n) is 4.48. The summed E-state index contributed by atoms with van der Waals surface area (Å²) in [5, 5.41) is 21.5. The molecule has 5 rings (SSSR count). The summed E-state index contributed by atoms with van der Waals surface area (Å²) in [4.78, 5) is 28.9. The molecule has 0 spiro atoms. The molecule has 1 atom stereocenters. The van der Waals surface area contributed by atoms with Crippen molar-refractivity contribution in [3.8, 4) is 11.5 Å². The number of rotatable bonds is 13. The highest BCUT2D eigenvalue weighted by Gasteiger charge is 2.46. The molecule has 1 unspecified atom stereocenters. The van der Waals surface area contributed by atoms with Gasteiger partial charge in [-0.3, -0.25) is 14.5 Å². The molecule has 0 saturated heterocycles. The number of methoxy groups -OCH3 is 1. The Morgan fingerprint density at radius 1 is 1.12 bits per heavy atom. The van der Waals surface area contributed by atoms with Crippen LogP contribution >= 0.6 is 34.4 Å². The number of nitrogens with zero attached hydrogens (tertiary/aromatic N) is 3. The number of benzene rings is 2. The van der Waals surface area contributed by atoms with Gasteiger partial charge in [-0.15, -0.1) is 21.5 Å². The Bertz CT molecular complexity index is 1590. The molecule has 12 heteroatoms. The first-order valence-corrected chi connectivity index (χ1v) is 16.0. The van der Waals surface area contributed by atoms with E-state index in [0.717, 1.165) is 24.8 Å². The summed E-state index contributed by atoms with van der Waals surface area (Å²) in [6, 6.07) is 13.8. The van der Waals surface area contributed by atoms with Crippen molar-refractivity contribution in [2.24, 2.45) is 0 Å². The number of ketones is 1. The second kappa shape index (κ2) is 13.5. The third-order valence-corrected chi connectivity index (χ3v) is 9.58. The molecule has 0 saturated carbocycles. The van der Waals surface area contributed by atoms with Crippen molar-refractivity contribution in [1.29, 1.82) is 0 Å². The van der Waals surface area contributed by atoms with Crippen LogP contribution in [0.25, 0.3) is 0 Å². The monoisotopic (exact) mass is 625 g/mol. The number of carbonyl (C=O) groups is 2. The van der Waals surface area contributed by atoms with E-state index in [4.69, 9.17) is 9.47 Å². The second-order valence-corrected chi connectivity index (χ2v) is 12.5. The first kappa shape index (κ1) is 29.7. The highest BCUT2D eigenvalue weighted by molar-refractivity contribution is 8.00. The summed E-state index contributed by atoms with van der Waals surface area (Å²) in [7, 11) is 1.52. The number of unbranched alkanes of at least 4 members (excludes halogenated alkanes) is 2. The van der Waals surface area contributed by atoms with Crippen LogP contribution in [0.1, 0.15) is 53.0 Å². The molecule has 1 aliphatic heterocycles. The van der Waals surface area contributed by atoms with Gasteiger partial charge in [0.25, 0.3) is 5.91 Å². The van der Waals surface area contributed by atoms with Gasteiger partial charge >= 0.3 is 0 Å². The lowest BCUT2D eigenvalue weighted by Crippen LogP contribution is -2.31. The van der Waals surface area contributed by atoms with Gasteiger partial charge in [-0.25, -0.2) is 4.39 Å². The number of halogens is 1. The Kier molecular flexibility index (Phi) is 9.55. The molecule has 0 fully saturated rings. The minimum absolute atomic E-state index is 0.0446. The predicted molar refractivity (Wildman–Crippen MR) is 162 cm³/mol. The summed E-state index contributed by atoms with van der Waals surface area (Å²) >= 11 is 3.78. The van der Waals surface area contributed by atoms with Crippen LogP contribution in [-0.4, -0.2) is 40.7 Å². The van der Waals surface area contributed by atoms with Crippen molar-refractivity contribution in [3.05, 3.63) is 93.1 Å². The fraction of sp³-hybridized carbons (Fsp3) is 0.267. The first-order valence-electron chi connectivity index (χ1n) is 13.3. The minimum Gasteiger partial charge on any atom is -0.503 e. The molecule has 218 valence electrons. The van der Waals surface area contributed by atoms with E-state index >= 15 is 0 Å². The van der Waals surface area contributed by atoms with Crippen molar-refractivity contribution < 1.29 is 28.6 Å². The molecule has 1 N–H and O–H groups in total. The molecule has 2 aromatic carbocycles. The van der Waals surface area contributed by atoms with Gasteiger partial charge in [-0.05, 0) is 53.3 Å². The van der Waals surface area contributed by atoms with E-state index in [-0.39, 0.29) is 16.5 Å². The zero-order valence-corrected chi connectivity index (χ0v) is 25.4. The molecule has 1 aliphatic rings. The highest BCUT2D eigenvalue weighted by atomic mass is 32.2. The summed E-state index contributed by atoms with van der Waals surface area (Å²) in [6.07, 6.45) is 3.02. The summed E-state index contributed by atoms with van der Waals surface area (Å²) < 4.78 is 25.4. The maximum Gasteiger partial charge on any atom is 0.296 e. The summed E-state index contributed by atoms with van der Waals surface area (Å²) in [5.41, 5.74) is 1.40. The lowest BCUT2D eigenvalue weighted by atomic mass is 9.95. The second-order valence-electron chi connectivity index (χ2n) is 9.38. The van der Waals surface area contributed by atoms with Gasteiger partial charge in [0.1, 0.15) is 5.82 Å². The molecule has 1 amide bonds. The number of Topliss-reactive ketones (excluding diaryl/α,β-unsaturated/α-hetero) is 1. The van der Waals surface area contributed by atoms with E-state index in [0.29, 0.717) is 38.6 Å². The van der Waals surface area contributed by atoms with Crippen molar-refractivity contribution in [1.82, 2.24) is 10.2 Å². The molecule has 0 radical (unpaired) electrons. The van der Waals surface area contributed by atoms with Gasteiger partial charge in [-0.2, -0.15) is 0 Å². The number of aromatic nitrogens is 2. The van der Waals surface area contributed by atoms with Gasteiger partial charge in [0.05, 0.1) is 30.2 Å². The Morgan fingerprint density at radius 2 is 1.93 bits per heavy atom. The van der Waals surface area contributed by atoms with Crippen LogP contribution in [0.5, 0.6) is 11.5 Å². The average Bonchev–Trinajstić information content (AvgIpc) is 3.76. The number of thiophene rings is 1. The van der Waals surface area contributed by atoms with Crippen molar-refractivity contribution >= 4 is 51.3 Å². The van der Waals surface area contributed by atoms with Crippen LogP contribution in [0.3, 0.4) is 0 Å². The Morgan fingerprint density at radius 3 is 2.64 bits per heavy atom. The van der Waals surface area contributed by atoms with Crippen LogP contribution in [0.4, 0.5) is 9.52 Å². The number of anilines is 1. The van der Waals surface area contributed by atoms with Crippen LogP contribution in [0.15, 0.2) is 75.6 Å². The van der Waals surface area contributed by atoms with Gasteiger partial charge in [0.2, 0.25) is 10.9 Å². The van der Waals surface area contributed by atoms with E-state index in [1.54, 1.807) is 47.8 Å². The average molecular weight is 626 g/mol. The number of aliphatic hydroxyl groups excluding tert-OH is 1. The standard InChI is InChI=1S/C30H28FN3O5S3/c1-3-4-5-14-39-21-13-10-19(16-22(21)38-2)25-24(26(35)23-7-6-15-40-23)27(36)28(37)34(25)29-32-33-30(42-29)41-17-18-8-11-20(31)12-9-18/h6-13,15-16,25,36H,3-5,14,17H2,1-2H3. The van der Waals surface area contributed by atoms with Crippen LogP contribution < -0.4 is 14.4 Å². The smallest absolute Gasteiger partial charge is 0.296 e. The number of carbonyl (C=O) groups excluding carboxylic acids is 2. The Labute approximate surface area is 254 Å². The van der Waals surface area contributed by atoms with Crippen LogP contribution in [-0.2, 0) is 10.5 Å². The number of ether oxygens (including phenoxy) is 2. The molecule has 0 bridgehead atoms. The van der Waals surface area contributed by atoms with Gasteiger partial charge in [0.15, 0.2) is 21.6 Å². The van der Waals surface area contributed by atoms with Gasteiger partial charge in [-0.1, -0.05) is 67.1 Å². The van der Waals surface area contributed by atoms with E-state index in [1.165, 1.54) is 58.6 Å². The third-order valence-electron chi connectivity index (χ3n) is 6.58. The molecule has 8 nitrogen and oxygen atoms in total. The molecule has 0 aliphatic carbocycles. The van der Waals surface area contributed by atoms with E-state index in [9.17, 15) is 19.1 Å². The fourth-order valence-corrected chi connectivity index (χ4v) is 6.98. The SMILES string of the molecule is CCCCCOc1ccc(C2C(C(=O)c3cccs3)=C(O)C(=O)N2c2nnc(SCc3ccc(F)cc3)s2)cc1OC. The Balaban J connectivity index is 1.48. The molecular weight excluding hydrogens is 598 g/mol. The summed E-state index contributed by atoms with van der Waals surface area (Å²) in [6.45, 7) is 2.65. The maximum atomic E-state index is 13.6. The number of hydrogen-bond acceptors (Lipinski definition) is 10. The predicted octanol–water partition coefficient (Wildman–Crippen LogP) is 7.39. The molecule has 42 heavy (non-hydrogen) atoms. The molecule has 4 aromatic rings. The maximum absolute atomic E-state index is 13.6. The zero-order valence-electron chi connectivity index (χ0n) is 22.9. The lowest BCUT2D eigenvalue weighted by Gasteiger charge is -2.24. The quantitative estimate of drug-likeness (QED) is 0.0710. The van der Waals surface area contributed by atoms with Crippen molar-refractivity contribution in [3.63, 3.8) is 0 Å². The lowest BCUT2D eigenvalue weighted by molar-refractivity contribution is -0.117. The van der Waals surface area contributed by atoms with Crippen molar-refractivity contribution in [2.45, 2.75) is 42.3 Å². The number of amides is 1. The first-order chi connectivity index (χ1) is 20.4. The van der Waals surface area contributed by atoms with Gasteiger partial charge < -0.3 is 14.6 Å². The largest absolute Gasteiger partial charge is 0.503 e. The molecule has 3 heterocycles. The van der Waals surface area contributed by atoms with Gasteiger partial charge in [0, 0.05) is 5.75 Å². The van der Waals surface area contributed by atoms with Crippen LogP contribution in [0, 0.1) is 5.82 Å². The number of aliphatic hydroxyl groups is 1. The number of thioether (sulfide) groups is 1. The van der Waals surface area contributed by atoms with Crippen molar-refractivity contribution in [2.75, 3.05) is 18.6 Å². The van der Waals surface area contributed by atoms with Crippen LogP contribution in [0.2, 0.25) is 0 Å². The topological polar surface area (TPSA) is 102 Å². The van der Waals surface area contributed by atoms with E-state index in [2.05, 4.69) is 17.1 Å². The molecule has 2 aromatic heterocycles. The summed E-state index contributed by atoms with van der Waals surface area (Å²) in [5.74, 6) is -0.625. The van der Waals surface area contributed by atoms with E-state index < -0.39 is 23.5 Å². The van der Waals surface area contributed by atoms with E-state index in [1.807, 2.05) is 0 Å².